The quantitative estimate of drug-likeness (QED) is 0.124. The standard InChI is InChI=1S/C54H36N2S.C30H18BrNS.C24H19N/c1-4-14-37(15-5-1)39-24-30-43(31-25-39)55(44-32-26-40(27-33-44)38-16-6-2-7-17-38)45-34-28-41(29-35-45)48-36-49-46-20-10-12-22-50(46)56(42-18-8-3-9-19-42)53(49)52-47-21-11-13-23-51(47)57-54(48)52;31-20-16-14-19(15-17-20)24-18-25-22-10-4-6-12-26(22)32(21-8-2-1-3-9-21)29(25)28-23-11-5-7-13-27(23)33-30(24)28;1-3-7-19(8-4-1)21-11-15-23(16-12-21)25-24-17-13-22(14-18-24)20-9-5-2-6-10-20/h1-36H;1-18H;1-18,25H. The monoisotopic (exact) mass is 1570 g/mol. The van der Waals surface area contributed by atoms with Crippen molar-refractivity contribution in [3.8, 4) is 78.1 Å². The molecule has 544 valence electrons. The maximum Gasteiger partial charge on any atom is 0.0634 e. The van der Waals surface area contributed by atoms with Gasteiger partial charge in [0, 0.05) is 117 Å². The second-order valence-corrected chi connectivity index (χ2v) is 31.9. The van der Waals surface area contributed by atoms with Crippen molar-refractivity contribution in [2.45, 2.75) is 0 Å². The number of fused-ring (bicyclic) bond motifs is 14. The first-order valence-electron chi connectivity index (χ1n) is 38.9. The van der Waals surface area contributed by atoms with Gasteiger partial charge in [-0.3, -0.25) is 0 Å². The lowest BCUT2D eigenvalue weighted by Gasteiger charge is -2.26. The second kappa shape index (κ2) is 31.0. The minimum Gasteiger partial charge on any atom is -0.356 e. The molecule has 0 saturated carbocycles. The van der Waals surface area contributed by atoms with Gasteiger partial charge in [-0.15, -0.1) is 22.7 Å². The fourth-order valence-electron chi connectivity index (χ4n) is 16.4. The molecule has 0 aliphatic rings. The summed E-state index contributed by atoms with van der Waals surface area (Å²) < 4.78 is 11.3. The van der Waals surface area contributed by atoms with Crippen LogP contribution >= 0.6 is 38.6 Å². The smallest absolute Gasteiger partial charge is 0.0634 e. The van der Waals surface area contributed by atoms with Crippen LogP contribution < -0.4 is 10.2 Å². The van der Waals surface area contributed by atoms with Gasteiger partial charge in [-0.2, -0.15) is 0 Å². The Morgan fingerprint density at radius 1 is 0.235 bits per heavy atom. The summed E-state index contributed by atoms with van der Waals surface area (Å²) in [7, 11) is 0. The summed E-state index contributed by atoms with van der Waals surface area (Å²) in [4.78, 5) is 2.36. The maximum absolute atomic E-state index is 3.60. The first kappa shape index (κ1) is 70.2. The van der Waals surface area contributed by atoms with Crippen molar-refractivity contribution in [2.24, 2.45) is 0 Å². The van der Waals surface area contributed by atoms with Gasteiger partial charge < -0.3 is 19.4 Å². The lowest BCUT2D eigenvalue weighted by Crippen LogP contribution is -2.09. The van der Waals surface area contributed by atoms with E-state index >= 15 is 0 Å². The van der Waals surface area contributed by atoms with Crippen molar-refractivity contribution in [3.05, 3.63) is 441 Å². The van der Waals surface area contributed by atoms with E-state index in [4.69, 9.17) is 0 Å². The number of halogens is 1. The Morgan fingerprint density at radius 2 is 0.504 bits per heavy atom. The van der Waals surface area contributed by atoms with E-state index < -0.39 is 0 Å². The molecule has 0 saturated heterocycles. The SMILES string of the molecule is Brc1ccc(-c2cc3c4ccccc4n(-c4ccccc4)c3c3c2sc2ccccc23)cc1.c1ccc(-c2ccc(N(c3ccc(-c4ccccc4)cc3)c3ccc(-c4cc5c6ccccc6n(-c6ccccc6)c5c5c4sc4ccccc45)cc3)cc2)cc1.c1ccc(-c2ccc(Nc3ccc(-c4ccccc4)cc3)cc2)cc1. The molecule has 0 aliphatic carbocycles. The van der Waals surface area contributed by atoms with E-state index in [0.717, 1.165) is 32.9 Å². The first-order valence-corrected chi connectivity index (χ1v) is 41.3. The van der Waals surface area contributed by atoms with Gasteiger partial charge in [-0.25, -0.2) is 0 Å². The van der Waals surface area contributed by atoms with Crippen LogP contribution in [0.4, 0.5) is 28.4 Å². The van der Waals surface area contributed by atoms with Crippen LogP contribution in [0.5, 0.6) is 0 Å². The highest BCUT2D eigenvalue weighted by Gasteiger charge is 2.25. The van der Waals surface area contributed by atoms with Crippen molar-refractivity contribution in [1.29, 1.82) is 0 Å². The summed E-state index contributed by atoms with van der Waals surface area (Å²) in [6.07, 6.45) is 0. The molecule has 0 atom stereocenters. The molecule has 0 bridgehead atoms. The lowest BCUT2D eigenvalue weighted by molar-refractivity contribution is 1.19. The Balaban J connectivity index is 0.000000124. The van der Waals surface area contributed by atoms with Gasteiger partial charge in [0.1, 0.15) is 0 Å². The second-order valence-electron chi connectivity index (χ2n) is 28.8. The number of nitrogens with zero attached hydrogens (tertiary/aromatic N) is 3. The number of nitrogens with one attached hydrogen (secondary N) is 1. The molecule has 7 heteroatoms. The highest BCUT2D eigenvalue weighted by Crippen LogP contribution is 2.51. The molecular weight excluding hydrogens is 1500 g/mol. The van der Waals surface area contributed by atoms with E-state index in [1.54, 1.807) is 0 Å². The third kappa shape index (κ3) is 13.6. The van der Waals surface area contributed by atoms with Gasteiger partial charge in [0.05, 0.1) is 22.1 Å². The van der Waals surface area contributed by atoms with Crippen molar-refractivity contribution in [3.63, 3.8) is 0 Å². The third-order valence-corrected chi connectivity index (χ3v) is 24.9. The molecule has 0 radical (unpaired) electrons. The number of rotatable bonds is 13. The van der Waals surface area contributed by atoms with Crippen LogP contribution in [-0.2, 0) is 0 Å². The average Bonchev–Trinajstić information content (AvgIpc) is 1.55. The van der Waals surface area contributed by atoms with Crippen LogP contribution in [0.25, 0.3) is 162 Å². The summed E-state index contributed by atoms with van der Waals surface area (Å²) in [6, 6.07) is 156. The predicted molar refractivity (Wildman–Crippen MR) is 499 cm³/mol. The van der Waals surface area contributed by atoms with Crippen LogP contribution in [0, 0.1) is 0 Å². The lowest BCUT2D eigenvalue weighted by atomic mass is 9.98. The summed E-state index contributed by atoms with van der Waals surface area (Å²) in [5, 5.41) is 13.8. The van der Waals surface area contributed by atoms with Gasteiger partial charge in [0.25, 0.3) is 0 Å². The van der Waals surface area contributed by atoms with E-state index in [1.165, 1.54) is 162 Å². The van der Waals surface area contributed by atoms with Crippen molar-refractivity contribution in [2.75, 3.05) is 10.2 Å². The van der Waals surface area contributed by atoms with Gasteiger partial charge in [-0.05, 0) is 189 Å². The zero-order valence-electron chi connectivity index (χ0n) is 62.6. The fourth-order valence-corrected chi connectivity index (χ4v) is 19.2. The van der Waals surface area contributed by atoms with Crippen LogP contribution in [0.3, 0.4) is 0 Å². The number of hydrogen-bond donors (Lipinski definition) is 1. The summed E-state index contributed by atoms with van der Waals surface area (Å²) in [6.45, 7) is 0. The molecule has 115 heavy (non-hydrogen) atoms. The molecule has 0 aliphatic heterocycles. The van der Waals surface area contributed by atoms with Gasteiger partial charge in [0.2, 0.25) is 0 Å². The molecule has 4 heterocycles. The molecule has 0 unspecified atom stereocenters. The zero-order chi connectivity index (χ0) is 76.5. The molecule has 4 nitrogen and oxygen atoms in total. The number of anilines is 5. The van der Waals surface area contributed by atoms with Crippen molar-refractivity contribution < 1.29 is 0 Å². The fraction of sp³-hybridized carbons (Fsp3) is 0. The Labute approximate surface area is 684 Å². The predicted octanol–water partition coefficient (Wildman–Crippen LogP) is 32.0. The van der Waals surface area contributed by atoms with Crippen LogP contribution in [0.15, 0.2) is 441 Å². The first-order chi connectivity index (χ1) is 57.0. The van der Waals surface area contributed by atoms with E-state index in [-0.39, 0.29) is 0 Å². The molecule has 0 amide bonds. The maximum atomic E-state index is 3.60. The minimum atomic E-state index is 1.09. The highest BCUT2D eigenvalue weighted by atomic mass is 79.9. The van der Waals surface area contributed by atoms with Gasteiger partial charge in [0.15, 0.2) is 0 Å². The highest BCUT2D eigenvalue weighted by molar-refractivity contribution is 9.10. The van der Waals surface area contributed by atoms with Crippen LogP contribution in [0.1, 0.15) is 0 Å². The molecule has 1 N–H and O–H groups in total. The number of hydrogen-bond acceptors (Lipinski definition) is 4. The van der Waals surface area contributed by atoms with E-state index in [1.807, 2.05) is 34.8 Å². The molecule has 22 aromatic rings. The molecule has 0 spiro atoms. The molecule has 0 fully saturated rings. The summed E-state index contributed by atoms with van der Waals surface area (Å²) in [5.41, 5.74) is 27.6. The van der Waals surface area contributed by atoms with Gasteiger partial charge in [-0.1, -0.05) is 319 Å². The number of para-hydroxylation sites is 4. The minimum absolute atomic E-state index is 1.09. The topological polar surface area (TPSA) is 25.1 Å². The Morgan fingerprint density at radius 3 is 0.852 bits per heavy atom. The number of benzene rings is 18. The summed E-state index contributed by atoms with van der Waals surface area (Å²) in [5.74, 6) is 0. The van der Waals surface area contributed by atoms with Crippen molar-refractivity contribution in [1.82, 2.24) is 9.13 Å². The van der Waals surface area contributed by atoms with E-state index in [9.17, 15) is 0 Å². The van der Waals surface area contributed by atoms with E-state index in [0.29, 0.717) is 0 Å². The van der Waals surface area contributed by atoms with Crippen LogP contribution in [-0.4, -0.2) is 9.13 Å². The van der Waals surface area contributed by atoms with E-state index in [2.05, 4.69) is 460 Å². The number of aromatic nitrogens is 2. The Bertz CT molecular complexity index is 7050. The van der Waals surface area contributed by atoms with Gasteiger partial charge >= 0.3 is 0 Å². The number of thiophene rings is 2. The molecule has 4 aromatic heterocycles. The average molecular weight is 1570 g/mol. The van der Waals surface area contributed by atoms with Crippen LogP contribution in [0.2, 0.25) is 0 Å². The third-order valence-electron chi connectivity index (χ3n) is 21.9. The Hall–Kier alpha value is -13.9. The summed E-state index contributed by atoms with van der Waals surface area (Å²) >= 11 is 7.38. The normalized spacial score (nSPS) is 11.3. The molecular formula is C108H73BrN4S2. The largest absolute Gasteiger partial charge is 0.356 e. The zero-order valence-corrected chi connectivity index (χ0v) is 65.8. The molecule has 18 aromatic carbocycles. The Kier molecular flexibility index (Phi) is 18.9. The molecule has 22 rings (SSSR count). The van der Waals surface area contributed by atoms with Crippen molar-refractivity contribution >= 4 is 151 Å².